The zero-order valence-electron chi connectivity index (χ0n) is 15.5. The molecule has 3 rings (SSSR count). The van der Waals surface area contributed by atoms with E-state index in [1.54, 1.807) is 29.2 Å². The van der Waals surface area contributed by atoms with Crippen LogP contribution < -0.4 is 15.1 Å². The number of nitrogens with one attached hydrogen (secondary N) is 3. The molecular formula is C21H25ClN4O+2. The predicted octanol–water partition coefficient (Wildman–Crippen LogP) is 0.522. The van der Waals surface area contributed by atoms with Crippen LogP contribution in [-0.2, 0) is 11.3 Å². The summed E-state index contributed by atoms with van der Waals surface area (Å²) >= 11 is 5.95. The van der Waals surface area contributed by atoms with Gasteiger partial charge in [0.15, 0.2) is 6.04 Å². The quantitative estimate of drug-likeness (QED) is 0.704. The van der Waals surface area contributed by atoms with Crippen molar-refractivity contribution in [3.05, 3.63) is 64.7 Å². The first-order valence-corrected chi connectivity index (χ1v) is 9.66. The molecule has 0 unspecified atom stereocenters. The maximum absolute atomic E-state index is 12.6. The Morgan fingerprint density at radius 3 is 2.33 bits per heavy atom. The monoisotopic (exact) mass is 384 g/mol. The first kappa shape index (κ1) is 19.4. The number of benzene rings is 2. The summed E-state index contributed by atoms with van der Waals surface area (Å²) in [6, 6.07) is 17.0. The number of carbonyl (C=O) groups is 1. The molecule has 1 atom stereocenters. The second-order valence-electron chi connectivity index (χ2n) is 7.11. The molecule has 140 valence electrons. The molecule has 0 bridgehead atoms. The molecule has 0 aliphatic carbocycles. The van der Waals surface area contributed by atoms with E-state index in [-0.39, 0.29) is 11.9 Å². The number of carbonyl (C=O) groups excluding carboxylic acids is 1. The molecule has 1 heterocycles. The molecule has 1 amide bonds. The van der Waals surface area contributed by atoms with Crippen LogP contribution in [0.5, 0.6) is 0 Å². The van der Waals surface area contributed by atoms with Gasteiger partial charge in [0.05, 0.1) is 11.6 Å². The molecule has 27 heavy (non-hydrogen) atoms. The lowest BCUT2D eigenvalue weighted by atomic mass is 10.1. The van der Waals surface area contributed by atoms with Gasteiger partial charge in [-0.25, -0.2) is 0 Å². The van der Waals surface area contributed by atoms with Crippen molar-refractivity contribution in [3.63, 3.8) is 0 Å². The van der Waals surface area contributed by atoms with Gasteiger partial charge in [-0.2, -0.15) is 5.26 Å². The molecule has 6 heteroatoms. The Hall–Kier alpha value is -2.39. The van der Waals surface area contributed by atoms with E-state index in [9.17, 15) is 4.79 Å². The molecule has 3 N–H and O–H groups in total. The smallest absolute Gasteiger partial charge is 0.282 e. The number of anilines is 1. The summed E-state index contributed by atoms with van der Waals surface area (Å²) in [6.07, 6.45) is 0. The lowest BCUT2D eigenvalue weighted by Gasteiger charge is -2.32. The van der Waals surface area contributed by atoms with Gasteiger partial charge >= 0.3 is 0 Å². The van der Waals surface area contributed by atoms with E-state index in [4.69, 9.17) is 16.9 Å². The van der Waals surface area contributed by atoms with Gasteiger partial charge in [-0.3, -0.25) is 4.79 Å². The van der Waals surface area contributed by atoms with Crippen LogP contribution in [0.25, 0.3) is 0 Å². The third-order valence-electron chi connectivity index (χ3n) is 5.25. The molecule has 1 aliphatic rings. The van der Waals surface area contributed by atoms with Crippen molar-refractivity contribution in [3.8, 4) is 6.07 Å². The van der Waals surface area contributed by atoms with Gasteiger partial charge in [0.25, 0.3) is 5.91 Å². The number of rotatable bonds is 5. The number of nitriles is 1. The van der Waals surface area contributed by atoms with E-state index in [1.165, 1.54) is 10.5 Å². The van der Waals surface area contributed by atoms with Gasteiger partial charge < -0.3 is 15.1 Å². The maximum Gasteiger partial charge on any atom is 0.282 e. The SMILES string of the molecule is C[C@H](C(=O)Nc1ccc(C#N)cc1)[NH+]1CC[NH+](Cc2ccc(Cl)cc2)CC1. The van der Waals surface area contributed by atoms with Crippen molar-refractivity contribution in [2.24, 2.45) is 0 Å². The van der Waals surface area contributed by atoms with E-state index in [2.05, 4.69) is 23.5 Å². The number of piperazine rings is 1. The minimum atomic E-state index is -0.0993. The van der Waals surface area contributed by atoms with Gasteiger partial charge in [-0.15, -0.1) is 0 Å². The minimum absolute atomic E-state index is 0.0239. The number of nitrogens with zero attached hydrogens (tertiary/aromatic N) is 1. The van der Waals surface area contributed by atoms with Crippen molar-refractivity contribution in [1.82, 2.24) is 0 Å². The van der Waals surface area contributed by atoms with Crippen molar-refractivity contribution in [1.29, 1.82) is 5.26 Å². The largest absolute Gasteiger partial charge is 0.322 e. The number of amides is 1. The molecule has 0 saturated carbocycles. The zero-order valence-corrected chi connectivity index (χ0v) is 16.2. The summed E-state index contributed by atoms with van der Waals surface area (Å²) < 4.78 is 0. The van der Waals surface area contributed by atoms with E-state index < -0.39 is 0 Å². The Morgan fingerprint density at radius 2 is 1.74 bits per heavy atom. The first-order valence-electron chi connectivity index (χ1n) is 9.29. The third kappa shape index (κ3) is 5.30. The highest BCUT2D eigenvalue weighted by Crippen LogP contribution is 2.09. The average Bonchev–Trinajstić information content (AvgIpc) is 2.70. The topological polar surface area (TPSA) is 61.8 Å². The third-order valence-corrected chi connectivity index (χ3v) is 5.51. The minimum Gasteiger partial charge on any atom is -0.322 e. The maximum atomic E-state index is 12.6. The normalized spacial score (nSPS) is 20.5. The van der Waals surface area contributed by atoms with Crippen LogP contribution in [0.15, 0.2) is 48.5 Å². The molecule has 2 aromatic rings. The molecule has 1 fully saturated rings. The molecule has 5 nitrogen and oxygen atoms in total. The van der Waals surface area contributed by atoms with Crippen LogP contribution in [0.4, 0.5) is 5.69 Å². The number of hydrogen-bond acceptors (Lipinski definition) is 2. The lowest BCUT2D eigenvalue weighted by molar-refractivity contribution is -1.02. The lowest BCUT2D eigenvalue weighted by Crippen LogP contribution is -3.29. The number of halogens is 1. The molecule has 0 radical (unpaired) electrons. The summed E-state index contributed by atoms with van der Waals surface area (Å²) in [5.41, 5.74) is 2.62. The van der Waals surface area contributed by atoms with Crippen molar-refractivity contribution in [2.75, 3.05) is 31.5 Å². The highest BCUT2D eigenvalue weighted by atomic mass is 35.5. The van der Waals surface area contributed by atoms with Gasteiger partial charge in [-0.05, 0) is 43.3 Å². The number of quaternary nitrogens is 2. The summed E-state index contributed by atoms with van der Waals surface area (Å²) in [7, 11) is 0. The standard InChI is InChI=1S/C21H23ClN4O/c1-16(21(27)24-20-8-4-17(14-23)5-9-20)26-12-10-25(11-13-26)15-18-2-6-19(22)7-3-18/h2-9,16H,10-13,15H2,1H3,(H,24,27)/p+2/t16-/m1/s1. The van der Waals surface area contributed by atoms with E-state index in [0.717, 1.165) is 43.4 Å². The summed E-state index contributed by atoms with van der Waals surface area (Å²) in [5.74, 6) is 0.0239. The van der Waals surface area contributed by atoms with Crippen molar-refractivity contribution >= 4 is 23.2 Å². The van der Waals surface area contributed by atoms with Crippen LogP contribution in [0.1, 0.15) is 18.1 Å². The Kier molecular flexibility index (Phi) is 6.46. The van der Waals surface area contributed by atoms with E-state index in [0.29, 0.717) is 5.56 Å². The fourth-order valence-corrected chi connectivity index (χ4v) is 3.62. The highest BCUT2D eigenvalue weighted by Gasteiger charge is 2.31. The van der Waals surface area contributed by atoms with Crippen LogP contribution in [-0.4, -0.2) is 38.1 Å². The van der Waals surface area contributed by atoms with Crippen molar-refractivity contribution in [2.45, 2.75) is 19.5 Å². The second kappa shape index (κ2) is 9.01. The van der Waals surface area contributed by atoms with E-state index >= 15 is 0 Å². The van der Waals surface area contributed by atoms with Crippen LogP contribution in [0.2, 0.25) is 5.02 Å². The molecule has 1 saturated heterocycles. The summed E-state index contributed by atoms with van der Waals surface area (Å²) in [4.78, 5) is 15.4. The highest BCUT2D eigenvalue weighted by molar-refractivity contribution is 6.30. The Labute approximate surface area is 165 Å². The van der Waals surface area contributed by atoms with Gasteiger partial charge in [0.2, 0.25) is 0 Å². The Morgan fingerprint density at radius 1 is 1.11 bits per heavy atom. The predicted molar refractivity (Wildman–Crippen MR) is 106 cm³/mol. The Balaban J connectivity index is 1.48. The van der Waals surface area contributed by atoms with Crippen molar-refractivity contribution < 1.29 is 14.6 Å². The van der Waals surface area contributed by atoms with E-state index in [1.807, 2.05) is 19.1 Å². The van der Waals surface area contributed by atoms with Gasteiger partial charge in [0.1, 0.15) is 32.7 Å². The Bertz CT molecular complexity index is 806. The van der Waals surface area contributed by atoms with Crippen LogP contribution in [0.3, 0.4) is 0 Å². The molecule has 0 spiro atoms. The fraction of sp³-hybridized carbons (Fsp3) is 0.333. The molecular weight excluding hydrogens is 360 g/mol. The molecule has 2 aromatic carbocycles. The fourth-order valence-electron chi connectivity index (χ4n) is 3.49. The zero-order chi connectivity index (χ0) is 19.2. The van der Waals surface area contributed by atoms with Crippen LogP contribution >= 0.6 is 11.6 Å². The van der Waals surface area contributed by atoms with Crippen LogP contribution in [0, 0.1) is 11.3 Å². The van der Waals surface area contributed by atoms with Gasteiger partial charge in [0, 0.05) is 16.3 Å². The average molecular weight is 385 g/mol. The van der Waals surface area contributed by atoms with Gasteiger partial charge in [-0.1, -0.05) is 23.7 Å². The number of hydrogen-bond donors (Lipinski definition) is 3. The molecule has 1 aliphatic heterocycles. The second-order valence-corrected chi connectivity index (χ2v) is 7.55. The first-order chi connectivity index (χ1) is 13.0. The summed E-state index contributed by atoms with van der Waals surface area (Å²) in [6.45, 7) is 7.03. The summed E-state index contributed by atoms with van der Waals surface area (Å²) in [5, 5.41) is 12.6. The molecule has 0 aromatic heterocycles.